The van der Waals surface area contributed by atoms with Crippen LogP contribution < -0.4 is 15.4 Å². The van der Waals surface area contributed by atoms with Crippen LogP contribution in [0.1, 0.15) is 0 Å². The number of nitro groups is 1. The molecule has 0 bridgehead atoms. The first-order chi connectivity index (χ1) is 12.6. The molecule has 0 amide bonds. The van der Waals surface area contributed by atoms with E-state index in [9.17, 15) is 10.1 Å². The fourth-order valence-corrected chi connectivity index (χ4v) is 2.43. The third kappa shape index (κ3) is 4.78. The average molecular weight is 365 g/mol. The fraction of sp³-hybridized carbons (Fsp3) is 0. The number of nitrogens with one attached hydrogen (secondary N) is 2. The summed E-state index contributed by atoms with van der Waals surface area (Å²) in [5.74, 6) is 1.49. The van der Waals surface area contributed by atoms with Gasteiger partial charge < -0.3 is 15.4 Å². The summed E-state index contributed by atoms with van der Waals surface area (Å²) in [7, 11) is 0. The summed E-state index contributed by atoms with van der Waals surface area (Å²) in [4.78, 5) is 10.2. The van der Waals surface area contributed by atoms with Crippen molar-refractivity contribution in [3.8, 4) is 11.5 Å². The highest BCUT2D eigenvalue weighted by Crippen LogP contribution is 2.23. The standard InChI is InChI=1S/C19H15N3O3S/c23-22(24)16-10-6-14(7-11-16)20-19(26)21-15-8-12-18(13-9-15)25-17-4-2-1-3-5-17/h1-13H,(H2,20,21,26). The van der Waals surface area contributed by atoms with E-state index >= 15 is 0 Å². The summed E-state index contributed by atoms with van der Waals surface area (Å²) >= 11 is 5.25. The number of hydrogen-bond acceptors (Lipinski definition) is 4. The second kappa shape index (κ2) is 8.09. The van der Waals surface area contributed by atoms with Crippen molar-refractivity contribution < 1.29 is 9.66 Å². The van der Waals surface area contributed by atoms with Crippen molar-refractivity contribution in [3.05, 3.63) is 89.0 Å². The third-order valence-electron chi connectivity index (χ3n) is 3.43. The predicted molar refractivity (Wildman–Crippen MR) is 106 cm³/mol. The number of rotatable bonds is 5. The zero-order chi connectivity index (χ0) is 18.4. The molecule has 0 radical (unpaired) electrons. The summed E-state index contributed by atoms with van der Waals surface area (Å²) in [6.07, 6.45) is 0. The molecule has 0 aliphatic heterocycles. The molecule has 26 heavy (non-hydrogen) atoms. The van der Waals surface area contributed by atoms with Gasteiger partial charge >= 0.3 is 0 Å². The lowest BCUT2D eigenvalue weighted by Crippen LogP contribution is -2.18. The molecule has 3 rings (SSSR count). The molecule has 7 heteroatoms. The Morgan fingerprint density at radius 2 is 1.31 bits per heavy atom. The zero-order valence-corrected chi connectivity index (χ0v) is 14.4. The summed E-state index contributed by atoms with van der Waals surface area (Å²) in [5.41, 5.74) is 1.49. The van der Waals surface area contributed by atoms with Gasteiger partial charge in [-0.3, -0.25) is 10.1 Å². The van der Waals surface area contributed by atoms with Crippen molar-refractivity contribution in [2.24, 2.45) is 0 Å². The number of hydrogen-bond donors (Lipinski definition) is 2. The largest absolute Gasteiger partial charge is 0.457 e. The topological polar surface area (TPSA) is 76.4 Å². The average Bonchev–Trinajstić information content (AvgIpc) is 2.64. The van der Waals surface area contributed by atoms with Crippen LogP contribution in [-0.2, 0) is 0 Å². The number of benzene rings is 3. The number of thiocarbonyl (C=S) groups is 1. The lowest BCUT2D eigenvalue weighted by atomic mass is 10.3. The third-order valence-corrected chi connectivity index (χ3v) is 3.63. The van der Waals surface area contributed by atoms with E-state index in [2.05, 4.69) is 10.6 Å². The summed E-state index contributed by atoms with van der Waals surface area (Å²) in [5, 5.41) is 17.1. The number of nitro benzene ring substituents is 1. The molecule has 0 heterocycles. The van der Waals surface area contributed by atoms with Crippen LogP contribution in [0.25, 0.3) is 0 Å². The molecule has 0 unspecified atom stereocenters. The summed E-state index contributed by atoms with van der Waals surface area (Å²) in [6.45, 7) is 0. The van der Waals surface area contributed by atoms with Crippen LogP contribution in [0.5, 0.6) is 11.5 Å². The molecule has 0 aromatic heterocycles. The second-order valence-electron chi connectivity index (χ2n) is 5.32. The summed E-state index contributed by atoms with van der Waals surface area (Å²) in [6, 6.07) is 22.9. The quantitative estimate of drug-likeness (QED) is 0.368. The number of para-hydroxylation sites is 1. The van der Waals surface area contributed by atoms with Crippen LogP contribution in [0, 0.1) is 10.1 Å². The van der Waals surface area contributed by atoms with Gasteiger partial charge in [0.2, 0.25) is 0 Å². The first kappa shape index (κ1) is 17.4. The smallest absolute Gasteiger partial charge is 0.269 e. The Labute approximate surface area is 155 Å². The molecule has 130 valence electrons. The van der Waals surface area contributed by atoms with Crippen LogP contribution in [0.2, 0.25) is 0 Å². The van der Waals surface area contributed by atoms with Crippen molar-refractivity contribution in [2.75, 3.05) is 10.6 Å². The molecular weight excluding hydrogens is 350 g/mol. The monoisotopic (exact) mass is 365 g/mol. The molecule has 0 aliphatic carbocycles. The molecule has 0 aliphatic rings. The van der Waals surface area contributed by atoms with Gasteiger partial charge in [0, 0.05) is 23.5 Å². The van der Waals surface area contributed by atoms with E-state index < -0.39 is 4.92 Å². The Morgan fingerprint density at radius 3 is 1.85 bits per heavy atom. The van der Waals surface area contributed by atoms with Crippen LogP contribution in [0.4, 0.5) is 17.1 Å². The van der Waals surface area contributed by atoms with Crippen molar-refractivity contribution in [1.82, 2.24) is 0 Å². The summed E-state index contributed by atoms with van der Waals surface area (Å²) < 4.78 is 5.73. The molecule has 0 saturated heterocycles. The predicted octanol–water partition coefficient (Wildman–Crippen LogP) is 5.20. The van der Waals surface area contributed by atoms with Crippen LogP contribution in [-0.4, -0.2) is 10.0 Å². The highest BCUT2D eigenvalue weighted by atomic mass is 32.1. The number of nitrogens with zero attached hydrogens (tertiary/aromatic N) is 1. The first-order valence-corrected chi connectivity index (χ1v) is 8.16. The first-order valence-electron chi connectivity index (χ1n) is 7.75. The molecule has 0 saturated carbocycles. The Hall–Kier alpha value is -3.45. The van der Waals surface area contributed by atoms with Gasteiger partial charge in [0.15, 0.2) is 5.11 Å². The van der Waals surface area contributed by atoms with Gasteiger partial charge in [0.05, 0.1) is 4.92 Å². The second-order valence-corrected chi connectivity index (χ2v) is 5.73. The number of non-ortho nitro benzene ring substituents is 1. The Bertz CT molecular complexity index is 898. The van der Waals surface area contributed by atoms with Crippen molar-refractivity contribution >= 4 is 34.4 Å². The molecule has 0 fully saturated rings. The molecule has 0 spiro atoms. The van der Waals surface area contributed by atoms with Gasteiger partial charge in [-0.2, -0.15) is 0 Å². The molecule has 0 atom stereocenters. The lowest BCUT2D eigenvalue weighted by molar-refractivity contribution is -0.384. The van der Waals surface area contributed by atoms with Crippen LogP contribution in [0.15, 0.2) is 78.9 Å². The SMILES string of the molecule is O=[N+]([O-])c1ccc(NC(=S)Nc2ccc(Oc3ccccc3)cc2)cc1. The number of ether oxygens (including phenoxy) is 1. The Morgan fingerprint density at radius 1 is 0.808 bits per heavy atom. The fourth-order valence-electron chi connectivity index (χ4n) is 2.19. The van der Waals surface area contributed by atoms with E-state index in [1.165, 1.54) is 12.1 Å². The van der Waals surface area contributed by atoms with Gasteiger partial charge in [-0.25, -0.2) is 0 Å². The zero-order valence-electron chi connectivity index (χ0n) is 13.6. The normalized spacial score (nSPS) is 10.0. The molecule has 2 N–H and O–H groups in total. The Kier molecular flexibility index (Phi) is 5.40. The van der Waals surface area contributed by atoms with E-state index in [0.717, 1.165) is 17.2 Å². The van der Waals surface area contributed by atoms with E-state index in [-0.39, 0.29) is 5.69 Å². The Balaban J connectivity index is 1.56. The van der Waals surface area contributed by atoms with Crippen molar-refractivity contribution in [3.63, 3.8) is 0 Å². The van der Waals surface area contributed by atoms with Gasteiger partial charge in [-0.1, -0.05) is 18.2 Å². The molecule has 3 aromatic carbocycles. The molecule has 3 aromatic rings. The van der Waals surface area contributed by atoms with Crippen molar-refractivity contribution in [2.45, 2.75) is 0 Å². The maximum absolute atomic E-state index is 10.7. The van der Waals surface area contributed by atoms with Gasteiger partial charge in [-0.15, -0.1) is 0 Å². The lowest BCUT2D eigenvalue weighted by Gasteiger charge is -2.11. The van der Waals surface area contributed by atoms with E-state index in [0.29, 0.717) is 10.8 Å². The number of anilines is 2. The van der Waals surface area contributed by atoms with E-state index in [1.807, 2.05) is 54.6 Å². The van der Waals surface area contributed by atoms with E-state index in [1.54, 1.807) is 12.1 Å². The van der Waals surface area contributed by atoms with Crippen LogP contribution >= 0.6 is 12.2 Å². The minimum absolute atomic E-state index is 0.0310. The van der Waals surface area contributed by atoms with Gasteiger partial charge in [0.25, 0.3) is 5.69 Å². The maximum atomic E-state index is 10.7. The molecule has 6 nitrogen and oxygen atoms in total. The van der Waals surface area contributed by atoms with Crippen LogP contribution in [0.3, 0.4) is 0 Å². The van der Waals surface area contributed by atoms with Gasteiger partial charge in [0.1, 0.15) is 11.5 Å². The maximum Gasteiger partial charge on any atom is 0.269 e. The minimum Gasteiger partial charge on any atom is -0.457 e. The highest BCUT2D eigenvalue weighted by Gasteiger charge is 2.05. The minimum atomic E-state index is -0.445. The van der Waals surface area contributed by atoms with Crippen molar-refractivity contribution in [1.29, 1.82) is 0 Å². The van der Waals surface area contributed by atoms with E-state index in [4.69, 9.17) is 17.0 Å². The van der Waals surface area contributed by atoms with Gasteiger partial charge in [-0.05, 0) is 60.7 Å². The highest BCUT2D eigenvalue weighted by molar-refractivity contribution is 7.80. The molecular formula is C19H15N3O3S.